The Balaban J connectivity index is 2.27. The lowest BCUT2D eigenvalue weighted by Gasteiger charge is -2.33. The zero-order valence-electron chi connectivity index (χ0n) is 7.72. The summed E-state index contributed by atoms with van der Waals surface area (Å²) in [6.45, 7) is 1.93. The first-order valence-electron chi connectivity index (χ1n) is 4.48. The Kier molecular flexibility index (Phi) is 4.82. The molecule has 0 atom stereocenters. The van der Waals surface area contributed by atoms with Gasteiger partial charge in [-0.15, -0.1) is 0 Å². The third-order valence-electron chi connectivity index (χ3n) is 2.46. The van der Waals surface area contributed by atoms with Gasteiger partial charge in [0, 0.05) is 42.0 Å². The molecule has 0 aromatic heterocycles. The van der Waals surface area contributed by atoms with Crippen molar-refractivity contribution in [2.45, 2.75) is 25.3 Å². The van der Waals surface area contributed by atoms with E-state index in [1.165, 1.54) is 0 Å². The van der Waals surface area contributed by atoms with E-state index in [1.54, 1.807) is 11.9 Å². The lowest BCUT2D eigenvalue weighted by atomic mass is 10.1. The van der Waals surface area contributed by atoms with Gasteiger partial charge >= 0.3 is 0 Å². The van der Waals surface area contributed by atoms with E-state index in [1.807, 2.05) is 0 Å². The first-order valence-corrected chi connectivity index (χ1v) is 5.45. The molecule has 2 nitrogen and oxygen atoms in total. The summed E-state index contributed by atoms with van der Waals surface area (Å²) in [6.07, 6.45) is -0.194. The van der Waals surface area contributed by atoms with Gasteiger partial charge in [-0.1, -0.05) is 0 Å². The fourth-order valence-corrected chi connectivity index (χ4v) is 2.20. The molecule has 0 radical (unpaired) electrons. The lowest BCUT2D eigenvalue weighted by Crippen LogP contribution is -2.42. The summed E-state index contributed by atoms with van der Waals surface area (Å²) in [5.74, 6) is 0. The van der Waals surface area contributed by atoms with Gasteiger partial charge in [-0.3, -0.25) is 4.90 Å². The highest BCUT2D eigenvalue weighted by Crippen LogP contribution is 2.18. The highest BCUT2D eigenvalue weighted by atomic mass is 127. The van der Waals surface area contributed by atoms with Crippen molar-refractivity contribution in [1.82, 2.24) is 8.01 Å². The molecule has 0 N–H and O–H groups in total. The van der Waals surface area contributed by atoms with Crippen LogP contribution < -0.4 is 0 Å². The highest BCUT2D eigenvalue weighted by Gasteiger charge is 2.22. The number of hydrogen-bond acceptors (Lipinski definition) is 2. The van der Waals surface area contributed by atoms with Crippen LogP contribution in [0.25, 0.3) is 0 Å². The maximum absolute atomic E-state index is 12.1. The second kappa shape index (κ2) is 5.41. The van der Waals surface area contributed by atoms with E-state index < -0.39 is 6.43 Å². The molecule has 0 amide bonds. The average Bonchev–Trinajstić information content (AvgIpc) is 2.04. The molecule has 0 aromatic rings. The molecular weight excluding hydrogens is 289 g/mol. The fraction of sp³-hybridized carbons (Fsp3) is 1.00. The molecule has 1 aliphatic heterocycles. The summed E-state index contributed by atoms with van der Waals surface area (Å²) in [5.41, 5.74) is 0. The summed E-state index contributed by atoms with van der Waals surface area (Å²) < 4.78 is 26.3. The van der Waals surface area contributed by atoms with Gasteiger partial charge in [0.15, 0.2) is 0 Å². The van der Waals surface area contributed by atoms with Crippen molar-refractivity contribution in [2.24, 2.45) is 0 Å². The monoisotopic (exact) mass is 304 g/mol. The van der Waals surface area contributed by atoms with Gasteiger partial charge in [-0.2, -0.15) is 0 Å². The van der Waals surface area contributed by atoms with E-state index in [2.05, 4.69) is 26.0 Å². The lowest BCUT2D eigenvalue weighted by molar-refractivity contribution is 0.0686. The summed E-state index contributed by atoms with van der Waals surface area (Å²) in [6, 6.07) is 0.347. The van der Waals surface area contributed by atoms with Crippen LogP contribution in [-0.4, -0.2) is 47.2 Å². The topological polar surface area (TPSA) is 6.48 Å². The quantitative estimate of drug-likeness (QED) is 0.581. The van der Waals surface area contributed by atoms with Crippen LogP contribution in [0.2, 0.25) is 0 Å². The Morgan fingerprint density at radius 3 is 2.46 bits per heavy atom. The number of rotatable bonds is 3. The fourth-order valence-electron chi connectivity index (χ4n) is 1.64. The molecule has 0 aromatic carbocycles. The van der Waals surface area contributed by atoms with Gasteiger partial charge in [0.2, 0.25) is 0 Å². The van der Waals surface area contributed by atoms with Gasteiger partial charge in [0.1, 0.15) is 0 Å². The van der Waals surface area contributed by atoms with Crippen LogP contribution in [-0.2, 0) is 0 Å². The van der Waals surface area contributed by atoms with Gasteiger partial charge < -0.3 is 0 Å². The van der Waals surface area contributed by atoms with Crippen LogP contribution in [0.1, 0.15) is 12.8 Å². The maximum Gasteiger partial charge on any atom is 0.251 e. The molecule has 13 heavy (non-hydrogen) atoms. The molecule has 78 valence electrons. The number of halogens is 3. The SMILES string of the molecule is CN(CC(F)F)C1CCN(I)CC1. The van der Waals surface area contributed by atoms with Gasteiger partial charge in [0.05, 0.1) is 6.54 Å². The van der Waals surface area contributed by atoms with Crippen molar-refractivity contribution < 1.29 is 8.78 Å². The number of alkyl halides is 2. The number of piperidine rings is 1. The van der Waals surface area contributed by atoms with E-state index in [0.29, 0.717) is 6.04 Å². The van der Waals surface area contributed by atoms with Gasteiger partial charge in [0.25, 0.3) is 6.43 Å². The molecule has 0 saturated carbocycles. The predicted molar refractivity (Wildman–Crippen MR) is 57.2 cm³/mol. The van der Waals surface area contributed by atoms with Crippen molar-refractivity contribution in [3.8, 4) is 0 Å². The van der Waals surface area contributed by atoms with Crippen LogP contribution >= 0.6 is 22.9 Å². The Morgan fingerprint density at radius 1 is 1.46 bits per heavy atom. The molecule has 1 heterocycles. The van der Waals surface area contributed by atoms with Crippen LogP contribution in [0.5, 0.6) is 0 Å². The van der Waals surface area contributed by atoms with E-state index in [-0.39, 0.29) is 6.54 Å². The second-order valence-corrected chi connectivity index (χ2v) is 4.84. The first-order chi connectivity index (χ1) is 6.09. The summed E-state index contributed by atoms with van der Waals surface area (Å²) >= 11 is 2.28. The third-order valence-corrected chi connectivity index (χ3v) is 3.42. The van der Waals surface area contributed by atoms with Crippen molar-refractivity contribution in [2.75, 3.05) is 26.7 Å². The van der Waals surface area contributed by atoms with Crippen molar-refractivity contribution in [3.05, 3.63) is 0 Å². The molecular formula is C8H15F2IN2. The smallest absolute Gasteiger partial charge is 0.251 e. The Hall–Kier alpha value is 0.510. The largest absolute Gasteiger partial charge is 0.298 e. The molecule has 1 fully saturated rings. The van der Waals surface area contributed by atoms with Crippen LogP contribution in [0, 0.1) is 0 Å². The normalized spacial score (nSPS) is 21.7. The summed E-state index contributed by atoms with van der Waals surface area (Å²) in [5, 5.41) is 0. The van der Waals surface area contributed by atoms with E-state index in [0.717, 1.165) is 25.9 Å². The van der Waals surface area contributed by atoms with Crippen molar-refractivity contribution in [3.63, 3.8) is 0 Å². The second-order valence-electron chi connectivity index (χ2n) is 3.47. The molecule has 1 rings (SSSR count). The molecule has 0 bridgehead atoms. The summed E-state index contributed by atoms with van der Waals surface area (Å²) in [7, 11) is 1.79. The molecule has 0 spiro atoms. The highest BCUT2D eigenvalue weighted by molar-refractivity contribution is 14.1. The minimum Gasteiger partial charge on any atom is -0.298 e. The van der Waals surface area contributed by atoms with Crippen molar-refractivity contribution in [1.29, 1.82) is 0 Å². The minimum absolute atomic E-state index is 0.0914. The van der Waals surface area contributed by atoms with E-state index in [4.69, 9.17) is 0 Å². The van der Waals surface area contributed by atoms with Crippen LogP contribution in [0.3, 0.4) is 0 Å². The van der Waals surface area contributed by atoms with Gasteiger partial charge in [-0.05, 0) is 19.9 Å². The Labute approximate surface area is 91.8 Å². The molecule has 1 aliphatic rings. The predicted octanol–water partition coefficient (Wildman–Crippen LogP) is 2.00. The van der Waals surface area contributed by atoms with E-state index >= 15 is 0 Å². The summed E-state index contributed by atoms with van der Waals surface area (Å²) in [4.78, 5) is 1.79. The average molecular weight is 304 g/mol. The Bertz CT molecular complexity index is 149. The first kappa shape index (κ1) is 11.6. The van der Waals surface area contributed by atoms with E-state index in [9.17, 15) is 8.78 Å². The number of nitrogens with zero attached hydrogens (tertiary/aromatic N) is 2. The molecule has 1 saturated heterocycles. The molecule has 0 aliphatic carbocycles. The van der Waals surface area contributed by atoms with Crippen LogP contribution in [0.4, 0.5) is 8.78 Å². The zero-order valence-corrected chi connectivity index (χ0v) is 9.88. The zero-order chi connectivity index (χ0) is 9.84. The standard InChI is InChI=1S/C8H15F2IN2/c1-12(6-8(9)10)7-2-4-13(11)5-3-7/h7-8H,2-6H2,1H3. The Morgan fingerprint density at radius 2 is 2.00 bits per heavy atom. The number of hydrogen-bond donors (Lipinski definition) is 0. The van der Waals surface area contributed by atoms with Crippen LogP contribution in [0.15, 0.2) is 0 Å². The van der Waals surface area contributed by atoms with Crippen molar-refractivity contribution >= 4 is 22.9 Å². The molecule has 0 unspecified atom stereocenters. The molecule has 5 heteroatoms. The van der Waals surface area contributed by atoms with Gasteiger partial charge in [-0.25, -0.2) is 11.9 Å². The third kappa shape index (κ3) is 4.03. The maximum atomic E-state index is 12.1. The minimum atomic E-state index is -2.21.